The molecule has 0 aromatic rings. The van der Waals surface area contributed by atoms with Gasteiger partial charge in [-0.3, -0.25) is 0 Å². The van der Waals surface area contributed by atoms with Crippen LogP contribution in [0.15, 0.2) is 0 Å². The van der Waals surface area contributed by atoms with E-state index in [1.165, 1.54) is 12.8 Å². The van der Waals surface area contributed by atoms with Gasteiger partial charge in [0.2, 0.25) is 0 Å². The van der Waals surface area contributed by atoms with Crippen molar-refractivity contribution in [2.75, 3.05) is 0 Å². The van der Waals surface area contributed by atoms with E-state index in [4.69, 9.17) is 0 Å². The van der Waals surface area contributed by atoms with Gasteiger partial charge in [0.15, 0.2) is 0 Å². The fraction of sp³-hybridized carbons (Fsp3) is 0.889. The van der Waals surface area contributed by atoms with E-state index in [2.05, 4.69) is 20.8 Å². The van der Waals surface area contributed by atoms with Crippen molar-refractivity contribution in [1.82, 2.24) is 0 Å². The predicted octanol–water partition coefficient (Wildman–Crippen LogP) is 2.65. The van der Waals surface area contributed by atoms with Gasteiger partial charge in [0.25, 0.3) is 0 Å². The van der Waals surface area contributed by atoms with E-state index in [0.717, 1.165) is 18.6 Å². The Balaban J connectivity index is 3.35. The van der Waals surface area contributed by atoms with Crippen molar-refractivity contribution in [2.45, 2.75) is 40.0 Å². The van der Waals surface area contributed by atoms with Crippen molar-refractivity contribution in [1.29, 1.82) is 0 Å². The predicted molar refractivity (Wildman–Crippen MR) is 43.9 cm³/mol. The van der Waals surface area contributed by atoms with Crippen molar-refractivity contribution >= 4 is 6.29 Å². The average Bonchev–Trinajstić information content (AvgIpc) is 1.88. The van der Waals surface area contributed by atoms with Crippen molar-refractivity contribution < 1.29 is 4.79 Å². The Hall–Kier alpha value is -0.330. The van der Waals surface area contributed by atoms with Gasteiger partial charge in [-0.05, 0) is 18.3 Å². The molecule has 10 heavy (non-hydrogen) atoms. The van der Waals surface area contributed by atoms with E-state index in [9.17, 15) is 4.79 Å². The van der Waals surface area contributed by atoms with Crippen LogP contribution in [0, 0.1) is 11.8 Å². The summed E-state index contributed by atoms with van der Waals surface area (Å²) in [6.45, 7) is 6.57. The van der Waals surface area contributed by atoms with E-state index >= 15 is 0 Å². The molecule has 0 amide bonds. The van der Waals surface area contributed by atoms with Gasteiger partial charge in [0, 0.05) is 6.42 Å². The van der Waals surface area contributed by atoms with Gasteiger partial charge in [0.1, 0.15) is 6.29 Å². The minimum absolute atomic E-state index is 0.576. The van der Waals surface area contributed by atoms with E-state index in [1.807, 2.05) is 0 Å². The van der Waals surface area contributed by atoms with Crippen molar-refractivity contribution in [3.8, 4) is 0 Å². The first-order valence-electron chi connectivity index (χ1n) is 4.14. The Bertz CT molecular complexity index is 88.7. The minimum atomic E-state index is 0.576. The smallest absolute Gasteiger partial charge is 0.120 e. The van der Waals surface area contributed by atoms with Crippen LogP contribution >= 0.6 is 0 Å². The first kappa shape index (κ1) is 9.67. The number of rotatable bonds is 5. The molecule has 0 aromatic heterocycles. The maximum Gasteiger partial charge on any atom is 0.120 e. The normalized spacial score (nSPS) is 16.3. The molecule has 0 aromatic carbocycles. The standard InChI is InChI=1S/C9H18O/c1-4-8(2)7-9(3)5-6-10/h6,8-9H,4-5,7H2,1-3H3/t8?,9-/m1/s1. The molecule has 0 bridgehead atoms. The molecule has 0 heterocycles. The molecule has 0 saturated carbocycles. The van der Waals surface area contributed by atoms with Gasteiger partial charge in [-0.2, -0.15) is 0 Å². The van der Waals surface area contributed by atoms with Gasteiger partial charge in [-0.1, -0.05) is 27.2 Å². The van der Waals surface area contributed by atoms with Gasteiger partial charge < -0.3 is 4.79 Å². The lowest BCUT2D eigenvalue weighted by Gasteiger charge is -2.12. The summed E-state index contributed by atoms with van der Waals surface area (Å²) in [4.78, 5) is 10.1. The molecule has 2 atom stereocenters. The fourth-order valence-corrected chi connectivity index (χ4v) is 1.11. The molecule has 0 saturated heterocycles. The lowest BCUT2D eigenvalue weighted by atomic mass is 9.94. The summed E-state index contributed by atoms with van der Waals surface area (Å²) in [5.74, 6) is 1.35. The zero-order chi connectivity index (χ0) is 7.98. The molecule has 0 aliphatic heterocycles. The molecule has 0 spiro atoms. The quantitative estimate of drug-likeness (QED) is 0.539. The summed E-state index contributed by atoms with van der Waals surface area (Å²) < 4.78 is 0. The maximum absolute atomic E-state index is 10.1. The van der Waals surface area contributed by atoms with E-state index < -0.39 is 0 Å². The SMILES string of the molecule is CCC(C)C[C@H](C)CC=O. The first-order chi connectivity index (χ1) is 4.70. The molecule has 60 valence electrons. The van der Waals surface area contributed by atoms with Gasteiger partial charge in [-0.25, -0.2) is 0 Å². The van der Waals surface area contributed by atoms with Gasteiger partial charge in [0.05, 0.1) is 0 Å². The molecule has 1 nitrogen and oxygen atoms in total. The average molecular weight is 142 g/mol. The van der Waals surface area contributed by atoms with Crippen LogP contribution < -0.4 is 0 Å². The highest BCUT2D eigenvalue weighted by Gasteiger charge is 2.05. The molecule has 0 fully saturated rings. The lowest BCUT2D eigenvalue weighted by molar-refractivity contribution is -0.108. The van der Waals surface area contributed by atoms with Crippen molar-refractivity contribution in [2.24, 2.45) is 11.8 Å². The third kappa shape index (κ3) is 4.54. The second-order valence-electron chi connectivity index (χ2n) is 3.26. The van der Waals surface area contributed by atoms with Crippen LogP contribution in [0.5, 0.6) is 0 Å². The fourth-order valence-electron chi connectivity index (χ4n) is 1.11. The Morgan fingerprint density at radius 2 is 1.90 bits per heavy atom. The van der Waals surface area contributed by atoms with Crippen LogP contribution in [0.1, 0.15) is 40.0 Å². The monoisotopic (exact) mass is 142 g/mol. The van der Waals surface area contributed by atoms with E-state index in [-0.39, 0.29) is 0 Å². The highest BCUT2D eigenvalue weighted by atomic mass is 16.1. The van der Waals surface area contributed by atoms with Crippen LogP contribution in [0.2, 0.25) is 0 Å². The molecule has 0 radical (unpaired) electrons. The summed E-state index contributed by atoms with van der Waals surface area (Å²) in [7, 11) is 0. The topological polar surface area (TPSA) is 17.1 Å². The molecule has 0 aliphatic rings. The molecule has 0 N–H and O–H groups in total. The van der Waals surface area contributed by atoms with Crippen LogP contribution in [0.4, 0.5) is 0 Å². The van der Waals surface area contributed by atoms with Crippen molar-refractivity contribution in [3.05, 3.63) is 0 Å². The van der Waals surface area contributed by atoms with Crippen LogP contribution in [0.25, 0.3) is 0 Å². The number of carbonyl (C=O) groups is 1. The Morgan fingerprint density at radius 1 is 1.30 bits per heavy atom. The largest absolute Gasteiger partial charge is 0.303 e. The Kier molecular flexibility index (Phi) is 5.27. The molecule has 1 unspecified atom stereocenters. The zero-order valence-electron chi connectivity index (χ0n) is 7.26. The summed E-state index contributed by atoms with van der Waals surface area (Å²) in [5.41, 5.74) is 0. The molecule has 1 heteroatoms. The van der Waals surface area contributed by atoms with Crippen LogP contribution in [0.3, 0.4) is 0 Å². The first-order valence-corrected chi connectivity index (χ1v) is 4.14. The van der Waals surface area contributed by atoms with E-state index in [0.29, 0.717) is 5.92 Å². The summed E-state index contributed by atoms with van der Waals surface area (Å²) in [5, 5.41) is 0. The van der Waals surface area contributed by atoms with Gasteiger partial charge >= 0.3 is 0 Å². The number of aldehydes is 1. The third-order valence-corrected chi connectivity index (χ3v) is 2.00. The molecule has 0 aliphatic carbocycles. The lowest BCUT2D eigenvalue weighted by Crippen LogP contribution is -2.02. The Morgan fingerprint density at radius 3 is 2.30 bits per heavy atom. The number of carbonyl (C=O) groups excluding carboxylic acids is 1. The molecular formula is C9H18O. The van der Waals surface area contributed by atoms with Crippen molar-refractivity contribution in [3.63, 3.8) is 0 Å². The Labute approximate surface area is 63.8 Å². The molecule has 0 rings (SSSR count). The highest BCUT2D eigenvalue weighted by molar-refractivity contribution is 5.49. The maximum atomic E-state index is 10.1. The minimum Gasteiger partial charge on any atom is -0.303 e. The summed E-state index contributed by atoms with van der Waals surface area (Å²) in [6.07, 6.45) is 4.16. The van der Waals surface area contributed by atoms with E-state index in [1.54, 1.807) is 0 Å². The summed E-state index contributed by atoms with van der Waals surface area (Å²) in [6, 6.07) is 0. The number of hydrogen-bond acceptors (Lipinski definition) is 1. The second-order valence-corrected chi connectivity index (χ2v) is 3.26. The van der Waals surface area contributed by atoms with Crippen LogP contribution in [-0.2, 0) is 4.79 Å². The summed E-state index contributed by atoms with van der Waals surface area (Å²) >= 11 is 0. The zero-order valence-corrected chi connectivity index (χ0v) is 7.26. The second kappa shape index (κ2) is 5.45. The number of hydrogen-bond donors (Lipinski definition) is 0. The van der Waals surface area contributed by atoms with Gasteiger partial charge in [-0.15, -0.1) is 0 Å². The van der Waals surface area contributed by atoms with Crippen LogP contribution in [-0.4, -0.2) is 6.29 Å². The third-order valence-electron chi connectivity index (χ3n) is 2.00. The highest BCUT2D eigenvalue weighted by Crippen LogP contribution is 2.15. The molecular weight excluding hydrogens is 124 g/mol.